The molecule has 3 rings (SSSR count). The zero-order valence-corrected chi connectivity index (χ0v) is 11.6. The molecule has 1 heterocycles. The number of halogens is 1. The Hall–Kier alpha value is -2.62. The van der Waals surface area contributed by atoms with Gasteiger partial charge in [-0.1, -0.05) is 18.2 Å². The van der Waals surface area contributed by atoms with Crippen molar-refractivity contribution in [2.24, 2.45) is 0 Å². The highest BCUT2D eigenvalue weighted by atomic mass is 19.1. The lowest BCUT2D eigenvalue weighted by molar-refractivity contribution is 0.414. The highest BCUT2D eigenvalue weighted by Crippen LogP contribution is 2.19. The van der Waals surface area contributed by atoms with E-state index in [1.165, 1.54) is 6.07 Å². The molecule has 0 aliphatic carbocycles. The van der Waals surface area contributed by atoms with Gasteiger partial charge in [-0.25, -0.2) is 9.37 Å². The number of nitrogens with one attached hydrogen (secondary N) is 1. The second-order valence-corrected chi connectivity index (χ2v) is 4.70. The third-order valence-corrected chi connectivity index (χ3v) is 3.31. The average Bonchev–Trinajstić information content (AvgIpc) is 2.53. The standard InChI is InChI=1S/C17H15FN2O/c1-21-13-7-5-12(6-8-13)11-19-17-10-9-14-15(18)3-2-4-16(14)20-17/h2-10H,11H2,1H3,(H,19,20). The number of hydrogen-bond acceptors (Lipinski definition) is 3. The van der Waals surface area contributed by atoms with E-state index in [-0.39, 0.29) is 5.82 Å². The predicted molar refractivity (Wildman–Crippen MR) is 82.0 cm³/mol. The number of aromatic nitrogens is 1. The lowest BCUT2D eigenvalue weighted by Gasteiger charge is -2.08. The van der Waals surface area contributed by atoms with Gasteiger partial charge in [-0.15, -0.1) is 0 Å². The fourth-order valence-electron chi connectivity index (χ4n) is 2.15. The molecule has 0 saturated carbocycles. The van der Waals surface area contributed by atoms with E-state index in [0.29, 0.717) is 17.4 Å². The Bertz CT molecular complexity index is 756. The summed E-state index contributed by atoms with van der Waals surface area (Å²) in [5.74, 6) is 1.31. The van der Waals surface area contributed by atoms with Crippen LogP contribution in [0.15, 0.2) is 54.6 Å². The van der Waals surface area contributed by atoms with E-state index < -0.39 is 0 Å². The molecule has 21 heavy (non-hydrogen) atoms. The van der Waals surface area contributed by atoms with E-state index in [2.05, 4.69) is 10.3 Å². The van der Waals surface area contributed by atoms with Crippen molar-refractivity contribution in [3.8, 4) is 5.75 Å². The second kappa shape index (κ2) is 5.79. The minimum Gasteiger partial charge on any atom is -0.497 e. The molecule has 0 fully saturated rings. The van der Waals surface area contributed by atoms with Crippen LogP contribution in [0.2, 0.25) is 0 Å². The predicted octanol–water partition coefficient (Wildman–Crippen LogP) is 3.99. The molecule has 1 aromatic heterocycles. The van der Waals surface area contributed by atoms with Crippen molar-refractivity contribution >= 4 is 16.7 Å². The van der Waals surface area contributed by atoms with Crippen molar-refractivity contribution in [2.45, 2.75) is 6.54 Å². The molecule has 0 atom stereocenters. The molecular formula is C17H15FN2O. The maximum absolute atomic E-state index is 13.6. The second-order valence-electron chi connectivity index (χ2n) is 4.70. The number of hydrogen-bond donors (Lipinski definition) is 1. The highest BCUT2D eigenvalue weighted by molar-refractivity contribution is 5.80. The molecular weight excluding hydrogens is 267 g/mol. The number of ether oxygens (including phenoxy) is 1. The third-order valence-electron chi connectivity index (χ3n) is 3.31. The molecule has 3 aromatic rings. The SMILES string of the molecule is COc1ccc(CNc2ccc3c(F)cccc3n2)cc1. The molecule has 0 unspecified atom stereocenters. The molecule has 0 aliphatic heterocycles. The Morgan fingerprint density at radius 2 is 1.86 bits per heavy atom. The van der Waals surface area contributed by atoms with Gasteiger partial charge in [0.1, 0.15) is 17.4 Å². The van der Waals surface area contributed by atoms with Crippen molar-refractivity contribution in [3.63, 3.8) is 0 Å². The summed E-state index contributed by atoms with van der Waals surface area (Å²) >= 11 is 0. The maximum atomic E-state index is 13.6. The van der Waals surface area contributed by atoms with Gasteiger partial charge in [0.05, 0.1) is 12.6 Å². The number of methoxy groups -OCH3 is 1. The van der Waals surface area contributed by atoms with Crippen LogP contribution in [-0.4, -0.2) is 12.1 Å². The Labute approximate surface area is 122 Å². The van der Waals surface area contributed by atoms with Crippen LogP contribution in [0.5, 0.6) is 5.75 Å². The van der Waals surface area contributed by atoms with Gasteiger partial charge in [-0.05, 0) is 42.0 Å². The van der Waals surface area contributed by atoms with Crippen LogP contribution in [0, 0.1) is 5.82 Å². The first kappa shape index (κ1) is 13.4. The van der Waals surface area contributed by atoms with Gasteiger partial charge >= 0.3 is 0 Å². The Morgan fingerprint density at radius 1 is 1.05 bits per heavy atom. The molecule has 0 bridgehead atoms. The minimum absolute atomic E-state index is 0.248. The zero-order chi connectivity index (χ0) is 14.7. The molecule has 0 spiro atoms. The van der Waals surface area contributed by atoms with Crippen LogP contribution in [0.3, 0.4) is 0 Å². The molecule has 106 valence electrons. The molecule has 0 saturated heterocycles. The maximum Gasteiger partial charge on any atom is 0.132 e. The number of nitrogens with zero attached hydrogens (tertiary/aromatic N) is 1. The van der Waals surface area contributed by atoms with Crippen molar-refractivity contribution in [3.05, 3.63) is 66.0 Å². The van der Waals surface area contributed by atoms with E-state index in [1.807, 2.05) is 24.3 Å². The zero-order valence-electron chi connectivity index (χ0n) is 11.6. The summed E-state index contributed by atoms with van der Waals surface area (Å²) in [6.07, 6.45) is 0. The number of pyridine rings is 1. The molecule has 1 N–H and O–H groups in total. The van der Waals surface area contributed by atoms with Crippen LogP contribution in [0.1, 0.15) is 5.56 Å². The number of rotatable bonds is 4. The first-order valence-corrected chi connectivity index (χ1v) is 6.68. The van der Waals surface area contributed by atoms with Gasteiger partial charge in [-0.3, -0.25) is 0 Å². The summed E-state index contributed by atoms with van der Waals surface area (Å²) in [4.78, 5) is 4.41. The fraction of sp³-hybridized carbons (Fsp3) is 0.118. The van der Waals surface area contributed by atoms with Crippen molar-refractivity contribution in [1.82, 2.24) is 4.98 Å². The van der Waals surface area contributed by atoms with E-state index >= 15 is 0 Å². The van der Waals surface area contributed by atoms with Gasteiger partial charge in [-0.2, -0.15) is 0 Å². The monoisotopic (exact) mass is 282 g/mol. The topological polar surface area (TPSA) is 34.1 Å². The fourth-order valence-corrected chi connectivity index (χ4v) is 2.15. The summed E-state index contributed by atoms with van der Waals surface area (Å²) in [6, 6.07) is 16.3. The minimum atomic E-state index is -0.248. The van der Waals surface area contributed by atoms with E-state index in [4.69, 9.17) is 4.74 Å². The van der Waals surface area contributed by atoms with Crippen molar-refractivity contribution in [1.29, 1.82) is 0 Å². The van der Waals surface area contributed by atoms with E-state index in [0.717, 1.165) is 17.1 Å². The lowest BCUT2D eigenvalue weighted by Crippen LogP contribution is -2.01. The molecule has 4 heteroatoms. The Balaban J connectivity index is 1.75. The van der Waals surface area contributed by atoms with Crippen LogP contribution >= 0.6 is 0 Å². The largest absolute Gasteiger partial charge is 0.497 e. The molecule has 0 amide bonds. The van der Waals surface area contributed by atoms with Gasteiger partial charge < -0.3 is 10.1 Å². The Kier molecular flexibility index (Phi) is 3.69. The number of fused-ring (bicyclic) bond motifs is 1. The Morgan fingerprint density at radius 3 is 2.62 bits per heavy atom. The van der Waals surface area contributed by atoms with Crippen LogP contribution in [0.25, 0.3) is 10.9 Å². The summed E-state index contributed by atoms with van der Waals surface area (Å²) < 4.78 is 18.7. The first-order valence-electron chi connectivity index (χ1n) is 6.68. The van der Waals surface area contributed by atoms with Gasteiger partial charge in [0.2, 0.25) is 0 Å². The summed E-state index contributed by atoms with van der Waals surface area (Å²) in [5, 5.41) is 3.77. The summed E-state index contributed by atoms with van der Waals surface area (Å²) in [5.41, 5.74) is 1.77. The first-order chi connectivity index (χ1) is 10.3. The van der Waals surface area contributed by atoms with E-state index in [9.17, 15) is 4.39 Å². The quantitative estimate of drug-likeness (QED) is 0.785. The molecule has 0 aliphatic rings. The average molecular weight is 282 g/mol. The molecule has 2 aromatic carbocycles. The smallest absolute Gasteiger partial charge is 0.132 e. The van der Waals surface area contributed by atoms with Crippen molar-refractivity contribution < 1.29 is 9.13 Å². The number of anilines is 1. The number of benzene rings is 2. The summed E-state index contributed by atoms with van der Waals surface area (Å²) in [7, 11) is 1.64. The van der Waals surface area contributed by atoms with Crippen LogP contribution < -0.4 is 10.1 Å². The van der Waals surface area contributed by atoms with Gasteiger partial charge in [0, 0.05) is 11.9 Å². The van der Waals surface area contributed by atoms with E-state index in [1.54, 1.807) is 31.4 Å². The van der Waals surface area contributed by atoms with Crippen LogP contribution in [-0.2, 0) is 6.54 Å². The highest BCUT2D eigenvalue weighted by Gasteiger charge is 2.02. The third kappa shape index (κ3) is 2.94. The normalized spacial score (nSPS) is 10.6. The van der Waals surface area contributed by atoms with Gasteiger partial charge in [0.15, 0.2) is 0 Å². The van der Waals surface area contributed by atoms with Gasteiger partial charge in [0.25, 0.3) is 0 Å². The molecule has 0 radical (unpaired) electrons. The summed E-state index contributed by atoms with van der Waals surface area (Å²) in [6.45, 7) is 0.651. The van der Waals surface area contributed by atoms with Crippen molar-refractivity contribution in [2.75, 3.05) is 12.4 Å². The van der Waals surface area contributed by atoms with Crippen LogP contribution in [0.4, 0.5) is 10.2 Å². The lowest BCUT2D eigenvalue weighted by atomic mass is 10.2. The molecule has 3 nitrogen and oxygen atoms in total.